The van der Waals surface area contributed by atoms with Crippen LogP contribution in [0.25, 0.3) is 0 Å². The Balaban J connectivity index is 1.79. The molecule has 0 atom stereocenters. The van der Waals surface area contributed by atoms with E-state index in [2.05, 4.69) is 5.32 Å². The molecule has 0 aromatic heterocycles. The van der Waals surface area contributed by atoms with Gasteiger partial charge >= 0.3 is 0 Å². The van der Waals surface area contributed by atoms with Crippen molar-refractivity contribution >= 4 is 35.0 Å². The second kappa shape index (κ2) is 8.93. The Hall–Kier alpha value is -3.51. The topological polar surface area (TPSA) is 58.6 Å². The fraction of sp³-hybridized carbons (Fsp3) is 0.154. The molecule has 0 bridgehead atoms. The van der Waals surface area contributed by atoms with Gasteiger partial charge in [-0.05, 0) is 62.2 Å². The average Bonchev–Trinajstić information content (AvgIpc) is 3.01. The van der Waals surface area contributed by atoms with Crippen molar-refractivity contribution in [1.29, 1.82) is 0 Å². The summed E-state index contributed by atoms with van der Waals surface area (Å²) >= 11 is 1.29. The zero-order valence-electron chi connectivity index (χ0n) is 18.4. The molecule has 0 unspecified atom stereocenters. The highest BCUT2D eigenvalue weighted by molar-refractivity contribution is 8.04. The molecule has 162 valence electrons. The maximum atomic E-state index is 13.6. The van der Waals surface area contributed by atoms with E-state index in [4.69, 9.17) is 4.74 Å². The number of imide groups is 1. The maximum Gasteiger partial charge on any atom is 0.283 e. The Morgan fingerprint density at radius 3 is 2.25 bits per heavy atom. The predicted molar refractivity (Wildman–Crippen MR) is 129 cm³/mol. The van der Waals surface area contributed by atoms with Crippen LogP contribution in [-0.4, -0.2) is 18.9 Å². The first-order chi connectivity index (χ1) is 15.4. The standard InChI is InChI=1S/C26H24N2O3S/c1-16-10-13-19(14-11-16)32-24-23(27-20-7-5-6-8-22(20)31-4)25(29)28(26(24)30)21-15-17(2)9-12-18(21)3/h5-15,27H,1-4H3. The summed E-state index contributed by atoms with van der Waals surface area (Å²) in [6.45, 7) is 5.85. The van der Waals surface area contributed by atoms with Crippen LogP contribution in [0.3, 0.4) is 0 Å². The molecule has 0 aliphatic carbocycles. The molecule has 1 heterocycles. The van der Waals surface area contributed by atoms with E-state index in [1.165, 1.54) is 16.7 Å². The molecule has 5 nitrogen and oxygen atoms in total. The van der Waals surface area contributed by atoms with Gasteiger partial charge in [-0.25, -0.2) is 4.90 Å². The fourth-order valence-electron chi connectivity index (χ4n) is 3.50. The van der Waals surface area contributed by atoms with Crippen LogP contribution in [-0.2, 0) is 9.59 Å². The molecule has 2 amide bonds. The number of thioether (sulfide) groups is 1. The lowest BCUT2D eigenvalue weighted by atomic mass is 10.1. The first-order valence-electron chi connectivity index (χ1n) is 10.2. The summed E-state index contributed by atoms with van der Waals surface area (Å²) in [5.41, 5.74) is 4.42. The summed E-state index contributed by atoms with van der Waals surface area (Å²) < 4.78 is 5.43. The number of amides is 2. The monoisotopic (exact) mass is 444 g/mol. The van der Waals surface area contributed by atoms with Gasteiger partial charge in [-0.3, -0.25) is 9.59 Å². The van der Waals surface area contributed by atoms with Crippen molar-refractivity contribution in [3.05, 3.63) is 94.0 Å². The summed E-state index contributed by atoms with van der Waals surface area (Å²) in [4.78, 5) is 29.6. The molecular weight excluding hydrogens is 420 g/mol. The molecular formula is C26H24N2O3S. The number of anilines is 2. The lowest BCUT2D eigenvalue weighted by Crippen LogP contribution is -2.33. The second-order valence-corrected chi connectivity index (χ2v) is 8.76. The van der Waals surface area contributed by atoms with Crippen LogP contribution < -0.4 is 15.0 Å². The highest BCUT2D eigenvalue weighted by Crippen LogP contribution is 2.39. The van der Waals surface area contributed by atoms with Gasteiger partial charge in [0.05, 0.1) is 18.5 Å². The van der Waals surface area contributed by atoms with Crippen molar-refractivity contribution in [3.8, 4) is 5.75 Å². The van der Waals surface area contributed by atoms with Gasteiger partial charge in [-0.2, -0.15) is 0 Å². The minimum absolute atomic E-state index is 0.242. The van der Waals surface area contributed by atoms with Crippen molar-refractivity contribution in [3.63, 3.8) is 0 Å². The van der Waals surface area contributed by atoms with Crippen molar-refractivity contribution in [1.82, 2.24) is 0 Å². The molecule has 0 fully saturated rings. The van der Waals surface area contributed by atoms with Crippen LogP contribution in [0.4, 0.5) is 11.4 Å². The van der Waals surface area contributed by atoms with E-state index in [1.54, 1.807) is 13.2 Å². The number of carbonyl (C=O) groups is 2. The van der Waals surface area contributed by atoms with E-state index in [-0.39, 0.29) is 17.5 Å². The number of benzene rings is 3. The normalized spacial score (nSPS) is 13.7. The third-order valence-electron chi connectivity index (χ3n) is 5.25. The lowest BCUT2D eigenvalue weighted by Gasteiger charge is -2.18. The molecule has 0 radical (unpaired) electrons. The molecule has 1 aliphatic rings. The van der Waals surface area contributed by atoms with Crippen LogP contribution in [0.2, 0.25) is 0 Å². The molecule has 3 aromatic rings. The second-order valence-electron chi connectivity index (χ2n) is 7.68. The number of methoxy groups -OCH3 is 1. The number of para-hydroxylation sites is 2. The van der Waals surface area contributed by atoms with E-state index in [1.807, 2.05) is 81.4 Å². The number of nitrogens with zero attached hydrogens (tertiary/aromatic N) is 1. The van der Waals surface area contributed by atoms with Gasteiger partial charge in [0.15, 0.2) is 0 Å². The Labute approximate surface area is 192 Å². The van der Waals surface area contributed by atoms with Crippen LogP contribution in [0.5, 0.6) is 5.75 Å². The van der Waals surface area contributed by atoms with Crippen molar-refractivity contribution < 1.29 is 14.3 Å². The summed E-state index contributed by atoms with van der Waals surface area (Å²) in [5, 5.41) is 3.18. The number of nitrogens with one attached hydrogen (secondary N) is 1. The van der Waals surface area contributed by atoms with E-state index >= 15 is 0 Å². The molecule has 1 N–H and O–H groups in total. The van der Waals surface area contributed by atoms with Gasteiger partial charge in [0.25, 0.3) is 11.8 Å². The third kappa shape index (κ3) is 4.14. The van der Waals surface area contributed by atoms with Crippen LogP contribution in [0, 0.1) is 20.8 Å². The highest BCUT2D eigenvalue weighted by atomic mass is 32.2. The van der Waals surface area contributed by atoms with Gasteiger partial charge in [0.1, 0.15) is 16.4 Å². The molecule has 4 rings (SSSR count). The minimum Gasteiger partial charge on any atom is -0.495 e. The van der Waals surface area contributed by atoms with Gasteiger partial charge in [-0.1, -0.05) is 53.7 Å². The average molecular weight is 445 g/mol. The maximum absolute atomic E-state index is 13.6. The first kappa shape index (κ1) is 21.7. The number of aryl methyl sites for hydroxylation is 3. The molecule has 3 aromatic carbocycles. The van der Waals surface area contributed by atoms with E-state index in [9.17, 15) is 9.59 Å². The van der Waals surface area contributed by atoms with Crippen molar-refractivity contribution in [2.75, 3.05) is 17.3 Å². The minimum atomic E-state index is -0.385. The quantitative estimate of drug-likeness (QED) is 0.501. The fourth-order valence-corrected chi connectivity index (χ4v) is 4.43. The molecule has 6 heteroatoms. The Kier molecular flexibility index (Phi) is 6.06. The predicted octanol–water partition coefficient (Wildman–Crippen LogP) is 5.61. The molecule has 0 saturated heterocycles. The number of hydrogen-bond acceptors (Lipinski definition) is 5. The van der Waals surface area contributed by atoms with Crippen LogP contribution >= 0.6 is 11.8 Å². The van der Waals surface area contributed by atoms with E-state index in [0.717, 1.165) is 21.6 Å². The zero-order chi connectivity index (χ0) is 22.8. The number of rotatable bonds is 6. The van der Waals surface area contributed by atoms with Crippen molar-refractivity contribution in [2.45, 2.75) is 25.7 Å². The molecule has 32 heavy (non-hydrogen) atoms. The first-order valence-corrected chi connectivity index (χ1v) is 11.1. The van der Waals surface area contributed by atoms with Gasteiger partial charge in [0.2, 0.25) is 0 Å². The van der Waals surface area contributed by atoms with Gasteiger partial charge in [0, 0.05) is 4.90 Å². The number of hydrogen-bond donors (Lipinski definition) is 1. The van der Waals surface area contributed by atoms with Crippen LogP contribution in [0.1, 0.15) is 16.7 Å². The Bertz CT molecular complexity index is 1230. The Morgan fingerprint density at radius 2 is 1.53 bits per heavy atom. The van der Waals surface area contributed by atoms with E-state index in [0.29, 0.717) is 22.0 Å². The van der Waals surface area contributed by atoms with Crippen LogP contribution in [0.15, 0.2) is 82.2 Å². The van der Waals surface area contributed by atoms with Gasteiger partial charge in [-0.15, -0.1) is 0 Å². The molecule has 0 spiro atoms. The SMILES string of the molecule is COc1ccccc1NC1=C(Sc2ccc(C)cc2)C(=O)N(c2cc(C)ccc2C)C1=O. The molecule has 0 saturated carbocycles. The summed E-state index contributed by atoms with van der Waals surface area (Å²) in [5.74, 6) is -0.138. The van der Waals surface area contributed by atoms with Gasteiger partial charge < -0.3 is 10.1 Å². The molecule has 1 aliphatic heterocycles. The van der Waals surface area contributed by atoms with Crippen molar-refractivity contribution in [2.24, 2.45) is 0 Å². The number of ether oxygens (including phenoxy) is 1. The lowest BCUT2D eigenvalue weighted by molar-refractivity contribution is -0.120. The summed E-state index contributed by atoms with van der Waals surface area (Å²) in [6, 6.07) is 20.9. The highest BCUT2D eigenvalue weighted by Gasteiger charge is 2.41. The largest absolute Gasteiger partial charge is 0.495 e. The summed E-state index contributed by atoms with van der Waals surface area (Å²) in [7, 11) is 1.57. The Morgan fingerprint density at radius 1 is 0.844 bits per heavy atom. The number of carbonyl (C=O) groups excluding carboxylic acids is 2. The zero-order valence-corrected chi connectivity index (χ0v) is 19.2. The summed E-state index contributed by atoms with van der Waals surface area (Å²) in [6.07, 6.45) is 0. The smallest absolute Gasteiger partial charge is 0.283 e. The van der Waals surface area contributed by atoms with E-state index < -0.39 is 0 Å². The third-order valence-corrected chi connectivity index (χ3v) is 6.35.